The number of nitrogens with zero attached hydrogens (tertiary/aromatic N) is 4. The highest BCUT2D eigenvalue weighted by molar-refractivity contribution is 14.1. The third kappa shape index (κ3) is 9.19. The standard InChI is InChI=1S/C23H25F3N4O3.C6H3F3IN/c24-23(25,26)20-11-10-19(14-27-20)30-13-12-29(22(30)32)18-8-6-17(7-9-18)28-21(31)33-15-16-4-2-1-3-5-16;7-6(8,9)5-2-1-4(10)3-11-5/h1-5,10-11,14,17-18H,6-9,12-13,15H2,(H,28,31);1-3H. The van der Waals surface area contributed by atoms with Gasteiger partial charge in [-0.15, -0.1) is 0 Å². The van der Waals surface area contributed by atoms with Gasteiger partial charge < -0.3 is 15.0 Å². The zero-order valence-corrected chi connectivity index (χ0v) is 25.3. The Morgan fingerprint density at radius 2 is 1.48 bits per heavy atom. The lowest BCUT2D eigenvalue weighted by atomic mass is 9.90. The number of pyridine rings is 2. The Balaban J connectivity index is 0.000000339. The second kappa shape index (κ2) is 14.4. The van der Waals surface area contributed by atoms with E-state index in [4.69, 9.17) is 4.74 Å². The van der Waals surface area contributed by atoms with Gasteiger partial charge in [-0.25, -0.2) is 14.6 Å². The minimum Gasteiger partial charge on any atom is -0.445 e. The first-order valence-electron chi connectivity index (χ1n) is 13.6. The summed E-state index contributed by atoms with van der Waals surface area (Å²) in [5.74, 6) is 0. The van der Waals surface area contributed by atoms with E-state index in [2.05, 4.69) is 15.3 Å². The maximum absolute atomic E-state index is 12.9. The minimum atomic E-state index is -4.51. The van der Waals surface area contributed by atoms with E-state index in [1.807, 2.05) is 52.9 Å². The summed E-state index contributed by atoms with van der Waals surface area (Å²) in [7, 11) is 0. The zero-order chi connectivity index (χ0) is 31.9. The smallest absolute Gasteiger partial charge is 0.433 e. The number of alkyl carbamates (subject to hydrolysis) is 1. The van der Waals surface area contributed by atoms with Crippen LogP contribution < -0.4 is 10.2 Å². The van der Waals surface area contributed by atoms with Crippen LogP contribution in [-0.2, 0) is 23.7 Å². The summed E-state index contributed by atoms with van der Waals surface area (Å²) in [6.45, 7) is 1.11. The van der Waals surface area contributed by atoms with Gasteiger partial charge in [-0.3, -0.25) is 9.88 Å². The molecule has 3 heterocycles. The molecule has 8 nitrogen and oxygen atoms in total. The molecule has 1 aliphatic carbocycles. The summed E-state index contributed by atoms with van der Waals surface area (Å²) in [6.07, 6.45) is -4.13. The van der Waals surface area contributed by atoms with Crippen molar-refractivity contribution in [1.82, 2.24) is 20.2 Å². The molecule has 236 valence electrons. The van der Waals surface area contributed by atoms with Crippen LogP contribution >= 0.6 is 22.6 Å². The average Bonchev–Trinajstić information content (AvgIpc) is 3.38. The Bertz CT molecular complexity index is 1380. The predicted molar refractivity (Wildman–Crippen MR) is 156 cm³/mol. The highest BCUT2D eigenvalue weighted by atomic mass is 127. The van der Waals surface area contributed by atoms with Crippen molar-refractivity contribution in [2.75, 3.05) is 18.0 Å². The number of alkyl halides is 6. The molecule has 1 saturated carbocycles. The number of hydrogen-bond donors (Lipinski definition) is 1. The number of urea groups is 1. The summed E-state index contributed by atoms with van der Waals surface area (Å²) in [6, 6.07) is 13.7. The Kier molecular flexibility index (Phi) is 10.9. The topological polar surface area (TPSA) is 87.7 Å². The van der Waals surface area contributed by atoms with Gasteiger partial charge >= 0.3 is 24.5 Å². The van der Waals surface area contributed by atoms with Gasteiger partial charge in [0.1, 0.15) is 18.0 Å². The molecule has 3 aromatic rings. The number of aromatic nitrogens is 2. The van der Waals surface area contributed by atoms with Crippen molar-refractivity contribution in [3.05, 3.63) is 87.5 Å². The second-order valence-corrected chi connectivity index (χ2v) is 11.3. The third-order valence-corrected chi connectivity index (χ3v) is 7.72. The van der Waals surface area contributed by atoms with Crippen LogP contribution in [0.15, 0.2) is 67.0 Å². The van der Waals surface area contributed by atoms with E-state index in [0.717, 1.165) is 49.6 Å². The summed E-state index contributed by atoms with van der Waals surface area (Å²) in [5.41, 5.74) is -0.565. The number of halogens is 7. The molecule has 0 radical (unpaired) electrons. The van der Waals surface area contributed by atoms with E-state index >= 15 is 0 Å². The fourth-order valence-electron chi connectivity index (χ4n) is 4.85. The van der Waals surface area contributed by atoms with Crippen molar-refractivity contribution in [1.29, 1.82) is 0 Å². The molecule has 3 amide bonds. The van der Waals surface area contributed by atoms with Gasteiger partial charge in [0.25, 0.3) is 0 Å². The van der Waals surface area contributed by atoms with Gasteiger partial charge in [-0.1, -0.05) is 30.3 Å². The molecule has 2 aromatic heterocycles. The van der Waals surface area contributed by atoms with Crippen LogP contribution in [0.1, 0.15) is 42.6 Å². The molecule has 15 heteroatoms. The number of hydrogen-bond acceptors (Lipinski definition) is 5. The average molecular weight is 735 g/mol. The number of amides is 3. The summed E-state index contributed by atoms with van der Waals surface area (Å²) in [4.78, 5) is 34.8. The van der Waals surface area contributed by atoms with Crippen LogP contribution in [-0.4, -0.2) is 52.2 Å². The van der Waals surface area contributed by atoms with Crippen LogP contribution in [0.5, 0.6) is 0 Å². The first-order valence-corrected chi connectivity index (χ1v) is 14.7. The van der Waals surface area contributed by atoms with E-state index < -0.39 is 29.8 Å². The van der Waals surface area contributed by atoms with E-state index in [1.54, 1.807) is 4.90 Å². The molecule has 0 unspecified atom stereocenters. The summed E-state index contributed by atoms with van der Waals surface area (Å²) in [5, 5.41) is 2.89. The molecule has 0 atom stereocenters. The summed E-state index contributed by atoms with van der Waals surface area (Å²) >= 11 is 1.89. The second-order valence-electron chi connectivity index (χ2n) is 10.1. The molecule has 0 bridgehead atoms. The normalized spacial score (nSPS) is 18.8. The summed E-state index contributed by atoms with van der Waals surface area (Å²) < 4.78 is 79.7. The lowest BCUT2D eigenvalue weighted by Gasteiger charge is -2.34. The van der Waals surface area contributed by atoms with Crippen LogP contribution in [0.2, 0.25) is 0 Å². The number of benzene rings is 1. The van der Waals surface area contributed by atoms with Gasteiger partial charge in [0, 0.05) is 34.9 Å². The number of carbonyl (C=O) groups is 2. The fourth-order valence-corrected chi connectivity index (χ4v) is 5.17. The number of ether oxygens (including phenoxy) is 1. The van der Waals surface area contributed by atoms with Gasteiger partial charge in [0.05, 0.1) is 11.9 Å². The highest BCUT2D eigenvalue weighted by Crippen LogP contribution is 2.31. The largest absolute Gasteiger partial charge is 0.445 e. The van der Waals surface area contributed by atoms with E-state index in [9.17, 15) is 35.9 Å². The molecule has 2 fully saturated rings. The molecule has 1 aliphatic heterocycles. The Hall–Kier alpha value is -3.63. The maximum Gasteiger partial charge on any atom is 0.433 e. The van der Waals surface area contributed by atoms with Crippen molar-refractivity contribution in [2.45, 2.75) is 56.7 Å². The van der Waals surface area contributed by atoms with Gasteiger partial charge in [0.2, 0.25) is 0 Å². The van der Waals surface area contributed by atoms with E-state index in [1.165, 1.54) is 23.2 Å². The molecule has 1 N–H and O–H groups in total. The quantitative estimate of drug-likeness (QED) is 0.220. The number of nitrogens with one attached hydrogen (secondary N) is 1. The first kappa shape index (κ1) is 33.3. The van der Waals surface area contributed by atoms with Gasteiger partial charge in [-0.05, 0) is 78.1 Å². The van der Waals surface area contributed by atoms with Crippen LogP contribution in [0.4, 0.5) is 41.6 Å². The van der Waals surface area contributed by atoms with Crippen LogP contribution in [0.25, 0.3) is 0 Å². The molecule has 1 saturated heterocycles. The van der Waals surface area contributed by atoms with Crippen molar-refractivity contribution < 1.29 is 40.7 Å². The molecule has 44 heavy (non-hydrogen) atoms. The van der Waals surface area contributed by atoms with Crippen molar-refractivity contribution in [3.63, 3.8) is 0 Å². The monoisotopic (exact) mass is 735 g/mol. The molecule has 1 aromatic carbocycles. The lowest BCUT2D eigenvalue weighted by Crippen LogP contribution is -2.45. The fraction of sp³-hybridized carbons (Fsp3) is 0.379. The van der Waals surface area contributed by atoms with Crippen LogP contribution in [0, 0.1) is 3.57 Å². The molecule has 2 aliphatic rings. The first-order chi connectivity index (χ1) is 20.8. The Morgan fingerprint density at radius 3 is 2.02 bits per heavy atom. The third-order valence-electron chi connectivity index (χ3n) is 7.08. The van der Waals surface area contributed by atoms with Crippen LogP contribution in [0.3, 0.4) is 0 Å². The Labute approximate surface area is 262 Å². The van der Waals surface area contributed by atoms with E-state index in [0.29, 0.717) is 22.3 Å². The number of rotatable bonds is 5. The minimum absolute atomic E-state index is 0.0163. The SMILES string of the molecule is FC(F)(F)c1ccc(I)cn1.O=C(NC1CCC(N2CCN(c3ccc(C(F)(F)F)nc3)C2=O)CC1)OCc1ccccc1. The van der Waals surface area contributed by atoms with Gasteiger partial charge in [-0.2, -0.15) is 26.3 Å². The van der Waals surface area contributed by atoms with Crippen molar-refractivity contribution in [2.24, 2.45) is 0 Å². The zero-order valence-electron chi connectivity index (χ0n) is 23.1. The van der Waals surface area contributed by atoms with E-state index in [-0.39, 0.29) is 24.7 Å². The number of anilines is 1. The molecular weight excluding hydrogens is 707 g/mol. The predicted octanol–water partition coefficient (Wildman–Crippen LogP) is 7.29. The molecule has 5 rings (SSSR count). The number of carbonyl (C=O) groups excluding carboxylic acids is 2. The van der Waals surface area contributed by atoms with Gasteiger partial charge in [0.15, 0.2) is 0 Å². The van der Waals surface area contributed by atoms with Crippen molar-refractivity contribution >= 4 is 40.4 Å². The lowest BCUT2D eigenvalue weighted by molar-refractivity contribution is -0.141. The maximum atomic E-state index is 12.9. The molecular formula is C29H28F6IN5O3. The highest BCUT2D eigenvalue weighted by Gasteiger charge is 2.38. The van der Waals surface area contributed by atoms with Crippen molar-refractivity contribution in [3.8, 4) is 0 Å². The Morgan fingerprint density at radius 1 is 0.864 bits per heavy atom. The molecule has 0 spiro atoms.